The van der Waals surface area contributed by atoms with Gasteiger partial charge in [-0.25, -0.2) is 4.98 Å². The maximum atomic E-state index is 5.47. The summed E-state index contributed by atoms with van der Waals surface area (Å²) < 4.78 is 5.47. The smallest absolute Gasteiger partial charge is 0.107 e. The molecule has 1 aliphatic heterocycles. The van der Waals surface area contributed by atoms with Gasteiger partial charge in [-0.2, -0.15) is 0 Å². The Morgan fingerprint density at radius 2 is 2.37 bits per heavy atom. The predicted octanol–water partition coefficient (Wildman–Crippen LogP) is 2.01. The third kappa shape index (κ3) is 3.99. The highest BCUT2D eigenvalue weighted by Gasteiger charge is 2.21. The number of ether oxygens (including phenoxy) is 1. The zero-order valence-electron chi connectivity index (χ0n) is 11.6. The number of methoxy groups -OCH3 is 1. The lowest BCUT2D eigenvalue weighted by Crippen LogP contribution is -2.38. The van der Waals surface area contributed by atoms with Gasteiger partial charge in [0.15, 0.2) is 0 Å². The van der Waals surface area contributed by atoms with Crippen LogP contribution in [-0.4, -0.2) is 42.2 Å². The molecule has 0 bridgehead atoms. The maximum Gasteiger partial charge on any atom is 0.107 e. The molecule has 1 aliphatic carbocycles. The summed E-state index contributed by atoms with van der Waals surface area (Å²) in [6.45, 7) is 4.13. The molecule has 1 atom stereocenters. The Kier molecular flexibility index (Phi) is 4.48. The number of rotatable bonds is 6. The second kappa shape index (κ2) is 6.31. The Labute approximate surface area is 119 Å². The van der Waals surface area contributed by atoms with E-state index in [0.717, 1.165) is 25.7 Å². The highest BCUT2D eigenvalue weighted by atomic mass is 32.1. The molecule has 19 heavy (non-hydrogen) atoms. The van der Waals surface area contributed by atoms with Crippen LogP contribution < -0.4 is 5.32 Å². The van der Waals surface area contributed by atoms with E-state index in [4.69, 9.17) is 9.72 Å². The predicted molar refractivity (Wildman–Crippen MR) is 77.3 cm³/mol. The Hall–Kier alpha value is -0.490. The molecule has 2 heterocycles. The lowest BCUT2D eigenvalue weighted by atomic mass is 10.1. The highest BCUT2D eigenvalue weighted by Crippen LogP contribution is 2.21. The topological polar surface area (TPSA) is 37.4 Å². The molecular weight excluding hydrogens is 258 g/mol. The summed E-state index contributed by atoms with van der Waals surface area (Å²) in [6.07, 6.45) is 5.51. The third-order valence-electron chi connectivity index (χ3n) is 3.90. The maximum absolute atomic E-state index is 5.47. The van der Waals surface area contributed by atoms with Crippen molar-refractivity contribution in [3.63, 3.8) is 0 Å². The second-order valence-electron chi connectivity index (χ2n) is 5.62. The van der Waals surface area contributed by atoms with Crippen molar-refractivity contribution >= 4 is 11.3 Å². The van der Waals surface area contributed by atoms with E-state index >= 15 is 0 Å². The van der Waals surface area contributed by atoms with Crippen LogP contribution in [0.1, 0.15) is 36.4 Å². The van der Waals surface area contributed by atoms with Crippen LogP contribution in [0.2, 0.25) is 0 Å². The van der Waals surface area contributed by atoms with Gasteiger partial charge < -0.3 is 10.1 Å². The average molecular weight is 281 g/mol. The number of piperidine rings is 1. The summed E-state index contributed by atoms with van der Waals surface area (Å²) >= 11 is 1.78. The summed E-state index contributed by atoms with van der Waals surface area (Å²) in [7, 11) is 1.82. The fourth-order valence-electron chi connectivity index (χ4n) is 2.60. The van der Waals surface area contributed by atoms with Gasteiger partial charge in [0.05, 0.1) is 11.8 Å². The first-order valence-corrected chi connectivity index (χ1v) is 8.13. The van der Waals surface area contributed by atoms with Crippen LogP contribution in [0, 0.1) is 0 Å². The molecule has 3 rings (SSSR count). The fraction of sp³-hybridized carbons (Fsp3) is 0.786. The minimum absolute atomic E-state index is 0.406. The molecule has 0 aromatic carbocycles. The van der Waals surface area contributed by atoms with Crippen molar-refractivity contribution in [2.45, 2.75) is 50.9 Å². The van der Waals surface area contributed by atoms with E-state index < -0.39 is 0 Å². The summed E-state index contributed by atoms with van der Waals surface area (Å²) in [4.78, 5) is 7.19. The first-order chi connectivity index (χ1) is 9.33. The molecule has 1 aromatic heterocycles. The van der Waals surface area contributed by atoms with Gasteiger partial charge >= 0.3 is 0 Å². The van der Waals surface area contributed by atoms with Gasteiger partial charge in [-0.05, 0) is 32.2 Å². The van der Waals surface area contributed by atoms with E-state index in [-0.39, 0.29) is 0 Å². The van der Waals surface area contributed by atoms with Gasteiger partial charge in [0, 0.05) is 38.2 Å². The highest BCUT2D eigenvalue weighted by molar-refractivity contribution is 7.09. The first kappa shape index (κ1) is 13.5. The Balaban J connectivity index is 1.48. The van der Waals surface area contributed by atoms with Crippen LogP contribution in [0.15, 0.2) is 5.38 Å². The molecule has 0 radical (unpaired) electrons. The van der Waals surface area contributed by atoms with Crippen LogP contribution in [0.3, 0.4) is 0 Å². The summed E-state index contributed by atoms with van der Waals surface area (Å²) in [5.41, 5.74) is 1.22. The zero-order valence-corrected chi connectivity index (χ0v) is 12.4. The van der Waals surface area contributed by atoms with E-state index in [1.54, 1.807) is 11.3 Å². The van der Waals surface area contributed by atoms with Gasteiger partial charge in [-0.15, -0.1) is 11.3 Å². The van der Waals surface area contributed by atoms with E-state index in [9.17, 15) is 0 Å². The monoisotopic (exact) mass is 281 g/mol. The van der Waals surface area contributed by atoms with Crippen molar-refractivity contribution in [2.75, 3.05) is 20.2 Å². The molecule has 2 fully saturated rings. The SMILES string of the molecule is COC1CCCN(Cc2csc(CNC3CC3)n2)C1. The van der Waals surface area contributed by atoms with E-state index in [1.807, 2.05) is 7.11 Å². The van der Waals surface area contributed by atoms with Crippen molar-refractivity contribution in [3.05, 3.63) is 16.1 Å². The number of aromatic nitrogens is 1. The largest absolute Gasteiger partial charge is 0.380 e. The van der Waals surface area contributed by atoms with Gasteiger partial charge in [0.2, 0.25) is 0 Å². The number of likely N-dealkylation sites (tertiary alicyclic amines) is 1. The molecule has 1 saturated carbocycles. The van der Waals surface area contributed by atoms with E-state index in [2.05, 4.69) is 15.6 Å². The average Bonchev–Trinajstić information content (AvgIpc) is 3.17. The summed E-state index contributed by atoms with van der Waals surface area (Å²) in [5, 5.41) is 6.95. The molecule has 2 aliphatic rings. The first-order valence-electron chi connectivity index (χ1n) is 7.25. The zero-order chi connectivity index (χ0) is 13.1. The van der Waals surface area contributed by atoms with Crippen molar-refractivity contribution in [3.8, 4) is 0 Å². The standard InChI is InChI=1S/C14H23N3OS/c1-18-13-3-2-6-17(9-13)8-12-10-19-14(16-12)7-15-11-4-5-11/h10-11,13,15H,2-9H2,1H3. The summed E-state index contributed by atoms with van der Waals surface area (Å²) in [5.74, 6) is 0. The van der Waals surface area contributed by atoms with E-state index in [0.29, 0.717) is 6.10 Å². The molecule has 5 heteroatoms. The van der Waals surface area contributed by atoms with Crippen LogP contribution in [-0.2, 0) is 17.8 Å². The molecule has 1 aromatic rings. The minimum Gasteiger partial charge on any atom is -0.380 e. The van der Waals surface area contributed by atoms with Gasteiger partial charge in [-0.3, -0.25) is 4.90 Å². The molecule has 0 amide bonds. The minimum atomic E-state index is 0.406. The lowest BCUT2D eigenvalue weighted by molar-refractivity contribution is 0.0282. The van der Waals surface area contributed by atoms with Gasteiger partial charge in [0.1, 0.15) is 5.01 Å². The van der Waals surface area contributed by atoms with Crippen molar-refractivity contribution in [2.24, 2.45) is 0 Å². The molecule has 4 nitrogen and oxygen atoms in total. The van der Waals surface area contributed by atoms with Crippen LogP contribution >= 0.6 is 11.3 Å². The number of hydrogen-bond donors (Lipinski definition) is 1. The Bertz CT molecular complexity index is 405. The molecule has 1 unspecified atom stereocenters. The molecular formula is C14H23N3OS. The number of hydrogen-bond acceptors (Lipinski definition) is 5. The molecule has 0 spiro atoms. The lowest BCUT2D eigenvalue weighted by Gasteiger charge is -2.31. The van der Waals surface area contributed by atoms with E-state index in [1.165, 1.54) is 42.9 Å². The number of nitrogens with zero attached hydrogens (tertiary/aromatic N) is 2. The second-order valence-corrected chi connectivity index (χ2v) is 6.57. The normalized spacial score (nSPS) is 24.8. The Morgan fingerprint density at radius 3 is 3.16 bits per heavy atom. The van der Waals surface area contributed by atoms with Crippen LogP contribution in [0.5, 0.6) is 0 Å². The van der Waals surface area contributed by atoms with Gasteiger partial charge in [0.25, 0.3) is 0 Å². The number of thiazole rings is 1. The van der Waals surface area contributed by atoms with Crippen molar-refractivity contribution < 1.29 is 4.74 Å². The summed E-state index contributed by atoms with van der Waals surface area (Å²) in [6, 6.07) is 0.761. The fourth-order valence-corrected chi connectivity index (χ4v) is 3.34. The Morgan fingerprint density at radius 1 is 1.47 bits per heavy atom. The molecule has 106 valence electrons. The van der Waals surface area contributed by atoms with Crippen molar-refractivity contribution in [1.82, 2.24) is 15.2 Å². The van der Waals surface area contributed by atoms with Crippen LogP contribution in [0.25, 0.3) is 0 Å². The van der Waals surface area contributed by atoms with Crippen molar-refractivity contribution in [1.29, 1.82) is 0 Å². The van der Waals surface area contributed by atoms with Crippen LogP contribution in [0.4, 0.5) is 0 Å². The quantitative estimate of drug-likeness (QED) is 0.865. The molecule has 1 N–H and O–H groups in total. The third-order valence-corrected chi connectivity index (χ3v) is 4.80. The number of nitrogens with one attached hydrogen (secondary N) is 1. The molecule has 1 saturated heterocycles. The van der Waals surface area contributed by atoms with Gasteiger partial charge in [-0.1, -0.05) is 0 Å².